The molecule has 0 atom stereocenters. The number of nitrogens with one attached hydrogen (secondary N) is 1. The Balaban J connectivity index is 1.70. The van der Waals surface area contributed by atoms with E-state index in [1.165, 1.54) is 38.6 Å². The Bertz CT molecular complexity index is 1190. The minimum absolute atomic E-state index is 0.0266. The van der Waals surface area contributed by atoms with Gasteiger partial charge in [-0.05, 0) is 35.9 Å². The number of furan rings is 1. The molecule has 1 N–H and O–H groups in total. The van der Waals surface area contributed by atoms with Crippen LogP contribution < -0.4 is 10.1 Å². The molecule has 3 rings (SSSR count). The van der Waals surface area contributed by atoms with Crippen molar-refractivity contribution in [3.8, 4) is 5.75 Å². The average Bonchev–Trinajstić information content (AvgIpc) is 3.35. The third kappa shape index (κ3) is 6.21. The largest absolute Gasteiger partial charge is 0.495 e. The van der Waals surface area contributed by atoms with E-state index in [1.807, 2.05) is 30.3 Å². The first kappa shape index (κ1) is 24.0. The molecule has 2 aromatic carbocycles. The van der Waals surface area contributed by atoms with Crippen LogP contribution in [0.5, 0.6) is 5.75 Å². The fraction of sp³-hybridized carbons (Fsp3) is 0.217. The number of rotatable bonds is 10. The monoisotopic (exact) mass is 472 g/mol. The molecule has 0 aliphatic carbocycles. The molecule has 10 heteroatoms. The van der Waals surface area contributed by atoms with E-state index in [1.54, 1.807) is 12.1 Å². The van der Waals surface area contributed by atoms with Gasteiger partial charge in [0, 0.05) is 13.6 Å². The summed E-state index contributed by atoms with van der Waals surface area (Å²) in [5, 5.41) is 2.55. The standard InChI is InChI=1S/C23H24N2O7S/c1-25(15-17-7-4-3-5-8-17)33(28,29)21-13-18(10-11-20(21)30-2)23(27)32-16-22(26)24-14-19-9-6-12-31-19/h3-13H,14-16H2,1-2H3,(H,24,26). The lowest BCUT2D eigenvalue weighted by atomic mass is 10.2. The van der Waals surface area contributed by atoms with Gasteiger partial charge in [-0.2, -0.15) is 4.31 Å². The summed E-state index contributed by atoms with van der Waals surface area (Å²) < 4.78 is 42.9. The predicted octanol–water partition coefficient (Wildman–Crippen LogP) is 2.58. The lowest BCUT2D eigenvalue weighted by Crippen LogP contribution is -2.28. The zero-order valence-corrected chi connectivity index (χ0v) is 19.0. The normalized spacial score (nSPS) is 11.2. The molecular weight excluding hydrogens is 448 g/mol. The summed E-state index contributed by atoms with van der Waals surface area (Å²) in [4.78, 5) is 24.2. The number of carbonyl (C=O) groups is 2. The first-order valence-electron chi connectivity index (χ1n) is 9.95. The molecule has 33 heavy (non-hydrogen) atoms. The van der Waals surface area contributed by atoms with Gasteiger partial charge in [0.1, 0.15) is 16.4 Å². The lowest BCUT2D eigenvalue weighted by Gasteiger charge is -2.19. The Kier molecular flexibility index (Phi) is 7.86. The SMILES string of the molecule is COc1ccc(C(=O)OCC(=O)NCc2ccco2)cc1S(=O)(=O)N(C)Cc1ccccc1. The second-order valence-electron chi connectivity index (χ2n) is 7.04. The summed E-state index contributed by atoms with van der Waals surface area (Å²) in [6.45, 7) is -0.236. The smallest absolute Gasteiger partial charge is 0.338 e. The molecule has 0 bridgehead atoms. The maximum absolute atomic E-state index is 13.2. The summed E-state index contributed by atoms with van der Waals surface area (Å²) >= 11 is 0. The van der Waals surface area contributed by atoms with Crippen LogP contribution >= 0.6 is 0 Å². The van der Waals surface area contributed by atoms with Crippen molar-refractivity contribution in [1.82, 2.24) is 9.62 Å². The molecular formula is C23H24N2O7S. The Morgan fingerprint density at radius 2 is 1.82 bits per heavy atom. The predicted molar refractivity (Wildman–Crippen MR) is 119 cm³/mol. The number of ether oxygens (including phenoxy) is 2. The van der Waals surface area contributed by atoms with E-state index in [-0.39, 0.29) is 29.3 Å². The Morgan fingerprint density at radius 3 is 2.48 bits per heavy atom. The highest BCUT2D eigenvalue weighted by molar-refractivity contribution is 7.89. The van der Waals surface area contributed by atoms with Gasteiger partial charge in [-0.3, -0.25) is 4.79 Å². The molecule has 9 nitrogen and oxygen atoms in total. The maximum Gasteiger partial charge on any atom is 0.338 e. The molecule has 1 heterocycles. The van der Waals surface area contributed by atoms with E-state index >= 15 is 0 Å². The van der Waals surface area contributed by atoms with Gasteiger partial charge in [0.15, 0.2) is 6.61 Å². The van der Waals surface area contributed by atoms with E-state index in [4.69, 9.17) is 13.9 Å². The maximum atomic E-state index is 13.2. The number of hydrogen-bond donors (Lipinski definition) is 1. The molecule has 0 aliphatic heterocycles. The molecule has 3 aromatic rings. The summed E-state index contributed by atoms with van der Waals surface area (Å²) in [5.74, 6) is -0.724. The zero-order chi connectivity index (χ0) is 23.8. The number of methoxy groups -OCH3 is 1. The highest BCUT2D eigenvalue weighted by atomic mass is 32.2. The van der Waals surface area contributed by atoms with E-state index in [2.05, 4.69) is 5.32 Å². The van der Waals surface area contributed by atoms with Gasteiger partial charge < -0.3 is 19.2 Å². The molecule has 0 spiro atoms. The van der Waals surface area contributed by atoms with Crippen molar-refractivity contribution in [2.75, 3.05) is 20.8 Å². The van der Waals surface area contributed by atoms with Crippen LogP contribution in [0, 0.1) is 0 Å². The second kappa shape index (κ2) is 10.8. The van der Waals surface area contributed by atoms with Crippen LogP contribution in [0.25, 0.3) is 0 Å². The number of esters is 1. The molecule has 0 aliphatic rings. The highest BCUT2D eigenvalue weighted by Gasteiger charge is 2.27. The van der Waals surface area contributed by atoms with Gasteiger partial charge in [0.2, 0.25) is 10.0 Å². The fourth-order valence-corrected chi connectivity index (χ4v) is 4.30. The second-order valence-corrected chi connectivity index (χ2v) is 9.06. The van der Waals surface area contributed by atoms with Gasteiger partial charge in [-0.15, -0.1) is 0 Å². The van der Waals surface area contributed by atoms with Crippen molar-refractivity contribution < 1.29 is 31.9 Å². The van der Waals surface area contributed by atoms with E-state index in [0.717, 1.165) is 9.87 Å². The number of sulfonamides is 1. The first-order chi connectivity index (χ1) is 15.8. The number of hydrogen-bond acceptors (Lipinski definition) is 7. The topological polar surface area (TPSA) is 115 Å². The van der Waals surface area contributed by atoms with E-state index < -0.39 is 28.5 Å². The Hall–Kier alpha value is -3.63. The molecule has 174 valence electrons. The molecule has 0 saturated carbocycles. The van der Waals surface area contributed by atoms with E-state index in [0.29, 0.717) is 5.76 Å². The summed E-state index contributed by atoms with van der Waals surface area (Å²) in [5.41, 5.74) is 0.778. The van der Waals surface area contributed by atoms with Crippen LogP contribution in [-0.4, -0.2) is 45.4 Å². The first-order valence-corrected chi connectivity index (χ1v) is 11.4. The van der Waals surface area contributed by atoms with Crippen LogP contribution in [0.4, 0.5) is 0 Å². The van der Waals surface area contributed by atoms with Gasteiger partial charge >= 0.3 is 5.97 Å². The van der Waals surface area contributed by atoms with Crippen molar-refractivity contribution in [2.24, 2.45) is 0 Å². The quantitative estimate of drug-likeness (QED) is 0.451. The number of carbonyl (C=O) groups excluding carboxylic acids is 2. The van der Waals surface area contributed by atoms with Crippen LogP contribution in [0.3, 0.4) is 0 Å². The van der Waals surface area contributed by atoms with Gasteiger partial charge in [0.05, 0.1) is 25.5 Å². The van der Waals surface area contributed by atoms with Crippen molar-refractivity contribution in [3.63, 3.8) is 0 Å². The zero-order valence-electron chi connectivity index (χ0n) is 18.2. The molecule has 1 amide bonds. The Labute approximate surface area is 192 Å². The molecule has 0 unspecified atom stereocenters. The highest BCUT2D eigenvalue weighted by Crippen LogP contribution is 2.28. The third-order valence-electron chi connectivity index (χ3n) is 4.71. The fourth-order valence-electron chi connectivity index (χ4n) is 2.96. The summed E-state index contributed by atoms with van der Waals surface area (Å²) in [6, 6.07) is 16.4. The molecule has 0 radical (unpaired) electrons. The third-order valence-corrected chi connectivity index (χ3v) is 6.53. The minimum Gasteiger partial charge on any atom is -0.495 e. The molecule has 0 saturated heterocycles. The van der Waals surface area contributed by atoms with Crippen molar-refractivity contribution in [3.05, 3.63) is 83.8 Å². The average molecular weight is 473 g/mol. The summed E-state index contributed by atoms with van der Waals surface area (Å²) in [7, 11) is -1.21. The van der Waals surface area contributed by atoms with Crippen LogP contribution in [0.2, 0.25) is 0 Å². The van der Waals surface area contributed by atoms with Gasteiger partial charge in [0.25, 0.3) is 5.91 Å². The van der Waals surface area contributed by atoms with E-state index in [9.17, 15) is 18.0 Å². The van der Waals surface area contributed by atoms with Gasteiger partial charge in [-0.1, -0.05) is 30.3 Å². The van der Waals surface area contributed by atoms with Crippen LogP contribution in [0.15, 0.2) is 76.2 Å². The van der Waals surface area contributed by atoms with Crippen molar-refractivity contribution >= 4 is 21.9 Å². The van der Waals surface area contributed by atoms with Crippen LogP contribution in [0.1, 0.15) is 21.7 Å². The van der Waals surface area contributed by atoms with Crippen LogP contribution in [-0.2, 0) is 32.6 Å². The van der Waals surface area contributed by atoms with Crippen molar-refractivity contribution in [1.29, 1.82) is 0 Å². The molecule has 1 aromatic heterocycles. The minimum atomic E-state index is -3.99. The number of benzene rings is 2. The number of nitrogens with zero attached hydrogens (tertiary/aromatic N) is 1. The molecule has 0 fully saturated rings. The Morgan fingerprint density at radius 1 is 1.06 bits per heavy atom. The lowest BCUT2D eigenvalue weighted by molar-refractivity contribution is -0.124. The summed E-state index contributed by atoms with van der Waals surface area (Å²) in [6.07, 6.45) is 1.48. The number of amides is 1. The van der Waals surface area contributed by atoms with Crippen molar-refractivity contribution in [2.45, 2.75) is 18.0 Å². The van der Waals surface area contributed by atoms with Gasteiger partial charge in [-0.25, -0.2) is 13.2 Å².